The van der Waals surface area contributed by atoms with Gasteiger partial charge in [0, 0.05) is 17.7 Å². The second kappa shape index (κ2) is 16.4. The zero-order valence-corrected chi connectivity index (χ0v) is 25.1. The third kappa shape index (κ3) is 9.10. The van der Waals surface area contributed by atoms with Gasteiger partial charge in [0.25, 0.3) is 11.7 Å². The maximum atomic E-state index is 14.0. The third-order valence-corrected chi connectivity index (χ3v) is 7.68. The van der Waals surface area contributed by atoms with Gasteiger partial charge in [0.1, 0.15) is 11.6 Å². The van der Waals surface area contributed by atoms with Gasteiger partial charge in [-0.1, -0.05) is 100 Å². The van der Waals surface area contributed by atoms with E-state index in [1.807, 2.05) is 0 Å². The first-order chi connectivity index (χ1) is 20.1. The lowest BCUT2D eigenvalue weighted by Gasteiger charge is -2.17. The molecule has 0 aromatic heterocycles. The highest BCUT2D eigenvalue weighted by Crippen LogP contribution is 2.37. The molecule has 0 bridgehead atoms. The molecule has 3 rings (SSSR count). The van der Waals surface area contributed by atoms with E-state index < -0.39 is 29.3 Å². The molecule has 0 spiro atoms. The third-order valence-electron chi connectivity index (χ3n) is 7.10. The number of carboxylic acid groups (broad SMARTS) is 1. The van der Waals surface area contributed by atoms with E-state index in [2.05, 4.69) is 12.2 Å². The van der Waals surface area contributed by atoms with E-state index in [1.165, 1.54) is 74.9 Å². The SMILES string of the molecule is CCCCCCCCCCCCNC(=O)c1cc(-c2ccc(F)c(Cl)c2)c(C(=O)C(=O)O)c(-c2ccc(F)c(Cl)c2)c1. The van der Waals surface area contributed by atoms with Crippen LogP contribution in [0.4, 0.5) is 8.78 Å². The van der Waals surface area contributed by atoms with Crippen molar-refractivity contribution in [1.29, 1.82) is 0 Å². The van der Waals surface area contributed by atoms with Crippen molar-refractivity contribution in [1.82, 2.24) is 5.32 Å². The molecule has 0 aliphatic heterocycles. The van der Waals surface area contributed by atoms with Crippen LogP contribution in [-0.2, 0) is 4.79 Å². The molecule has 9 heteroatoms. The van der Waals surface area contributed by atoms with Gasteiger partial charge in [0.2, 0.25) is 0 Å². The molecule has 0 saturated heterocycles. The topological polar surface area (TPSA) is 83.5 Å². The van der Waals surface area contributed by atoms with Crippen molar-refractivity contribution in [2.75, 3.05) is 6.54 Å². The van der Waals surface area contributed by atoms with E-state index in [4.69, 9.17) is 23.2 Å². The lowest BCUT2D eigenvalue weighted by molar-refractivity contribution is -0.131. The van der Waals surface area contributed by atoms with Gasteiger partial charge < -0.3 is 10.4 Å². The van der Waals surface area contributed by atoms with Gasteiger partial charge in [-0.05, 0) is 65.1 Å². The lowest BCUT2D eigenvalue weighted by atomic mass is 9.87. The lowest BCUT2D eigenvalue weighted by Crippen LogP contribution is -2.25. The Morgan fingerprint density at radius 2 is 1.17 bits per heavy atom. The summed E-state index contributed by atoms with van der Waals surface area (Å²) >= 11 is 12.0. The zero-order valence-electron chi connectivity index (χ0n) is 23.6. The average molecular weight is 619 g/mol. The fourth-order valence-electron chi connectivity index (χ4n) is 4.82. The molecule has 224 valence electrons. The summed E-state index contributed by atoms with van der Waals surface area (Å²) in [6.07, 6.45) is 11.6. The summed E-state index contributed by atoms with van der Waals surface area (Å²) in [5.41, 5.74) is 0.446. The van der Waals surface area contributed by atoms with E-state index in [0.29, 0.717) is 6.54 Å². The van der Waals surface area contributed by atoms with Crippen LogP contribution >= 0.6 is 23.2 Å². The van der Waals surface area contributed by atoms with Crippen molar-refractivity contribution in [3.8, 4) is 22.3 Å². The molecule has 2 N–H and O–H groups in total. The smallest absolute Gasteiger partial charge is 0.377 e. The number of halogens is 4. The van der Waals surface area contributed by atoms with Crippen LogP contribution in [0, 0.1) is 11.6 Å². The van der Waals surface area contributed by atoms with Gasteiger partial charge in [-0.15, -0.1) is 0 Å². The number of amides is 1. The van der Waals surface area contributed by atoms with Gasteiger partial charge in [0.05, 0.1) is 10.0 Å². The molecule has 0 atom stereocenters. The normalized spacial score (nSPS) is 11.0. The predicted molar refractivity (Wildman–Crippen MR) is 163 cm³/mol. The maximum Gasteiger partial charge on any atom is 0.377 e. The number of carbonyl (C=O) groups excluding carboxylic acids is 2. The number of rotatable bonds is 16. The number of carbonyl (C=O) groups is 3. The molecule has 0 aliphatic rings. The van der Waals surface area contributed by atoms with Gasteiger partial charge in [-0.3, -0.25) is 9.59 Å². The minimum Gasteiger partial charge on any atom is -0.475 e. The van der Waals surface area contributed by atoms with E-state index in [9.17, 15) is 28.3 Å². The number of benzene rings is 3. The van der Waals surface area contributed by atoms with Gasteiger partial charge in [-0.25, -0.2) is 13.6 Å². The Morgan fingerprint density at radius 1 is 0.714 bits per heavy atom. The Morgan fingerprint density at radius 3 is 1.60 bits per heavy atom. The van der Waals surface area contributed by atoms with Crippen molar-refractivity contribution >= 4 is 40.9 Å². The van der Waals surface area contributed by atoms with Crippen LogP contribution in [0.15, 0.2) is 48.5 Å². The van der Waals surface area contributed by atoms with Gasteiger partial charge in [0.15, 0.2) is 0 Å². The summed E-state index contributed by atoms with van der Waals surface area (Å²) in [6, 6.07) is 10.1. The van der Waals surface area contributed by atoms with Crippen molar-refractivity contribution in [3.05, 3.63) is 81.3 Å². The molecular formula is C33H35Cl2F2NO4. The number of hydrogen-bond donors (Lipinski definition) is 2. The standard InChI is InChI=1S/C33H35Cl2F2NO4/c1-2-3-4-5-6-7-8-9-10-11-16-38-32(40)23-17-24(21-12-14-28(36)26(34)19-21)30(31(39)33(41)42)25(18-23)22-13-15-29(37)27(35)20-22/h12-15,17-20H,2-11,16H2,1H3,(H,38,40)(H,41,42). The van der Waals surface area contributed by atoms with Crippen molar-refractivity contribution in [2.45, 2.75) is 71.1 Å². The number of hydrogen-bond acceptors (Lipinski definition) is 3. The van der Waals surface area contributed by atoms with E-state index in [1.54, 1.807) is 0 Å². The molecule has 0 heterocycles. The predicted octanol–water partition coefficient (Wildman–Crippen LogP) is 9.52. The number of ketones is 1. The molecule has 3 aromatic carbocycles. The summed E-state index contributed by atoms with van der Waals surface area (Å²) in [5.74, 6) is -4.86. The number of carboxylic acids is 1. The van der Waals surface area contributed by atoms with Crippen molar-refractivity contribution in [3.63, 3.8) is 0 Å². The quantitative estimate of drug-likeness (QED) is 0.0952. The molecule has 5 nitrogen and oxygen atoms in total. The van der Waals surface area contributed by atoms with Crippen LogP contribution < -0.4 is 5.32 Å². The van der Waals surface area contributed by atoms with E-state index >= 15 is 0 Å². The van der Waals surface area contributed by atoms with Gasteiger partial charge >= 0.3 is 5.97 Å². The first-order valence-electron chi connectivity index (χ1n) is 14.3. The Balaban J connectivity index is 1.87. The summed E-state index contributed by atoms with van der Waals surface area (Å²) in [6.45, 7) is 2.63. The second-order valence-corrected chi connectivity index (χ2v) is 11.1. The highest BCUT2D eigenvalue weighted by Gasteiger charge is 2.27. The number of Topliss-reactive ketones (excluding diaryl/α,β-unsaturated/α-hetero) is 1. The minimum absolute atomic E-state index is 0.0614. The van der Waals surface area contributed by atoms with Crippen LogP contribution in [0.5, 0.6) is 0 Å². The van der Waals surface area contributed by atoms with Crippen LogP contribution in [0.3, 0.4) is 0 Å². The molecule has 3 aromatic rings. The van der Waals surface area contributed by atoms with Crippen LogP contribution in [0.25, 0.3) is 22.3 Å². The second-order valence-electron chi connectivity index (χ2n) is 10.3. The molecular weight excluding hydrogens is 583 g/mol. The molecule has 0 saturated carbocycles. The molecule has 1 amide bonds. The highest BCUT2D eigenvalue weighted by atomic mass is 35.5. The first-order valence-corrected chi connectivity index (χ1v) is 15.0. The fourth-order valence-corrected chi connectivity index (χ4v) is 5.18. The molecule has 0 aliphatic carbocycles. The molecule has 0 fully saturated rings. The van der Waals surface area contributed by atoms with Gasteiger partial charge in [-0.2, -0.15) is 0 Å². The Bertz CT molecular complexity index is 1350. The Kier molecular flexibility index (Phi) is 12.9. The number of nitrogens with one attached hydrogen (secondary N) is 1. The summed E-state index contributed by atoms with van der Waals surface area (Å²) in [7, 11) is 0. The zero-order chi connectivity index (χ0) is 30.6. The van der Waals surface area contributed by atoms with Crippen LogP contribution in [0.2, 0.25) is 10.0 Å². The number of aliphatic carboxylic acids is 1. The molecule has 0 unspecified atom stereocenters. The Hall–Kier alpha value is -3.29. The maximum absolute atomic E-state index is 14.0. The van der Waals surface area contributed by atoms with Crippen LogP contribution in [0.1, 0.15) is 91.8 Å². The molecule has 0 radical (unpaired) electrons. The minimum atomic E-state index is -1.74. The Labute approximate surface area is 255 Å². The first kappa shape index (κ1) is 33.2. The van der Waals surface area contributed by atoms with E-state index in [0.717, 1.165) is 37.8 Å². The fraction of sp³-hybridized carbons (Fsp3) is 0.364. The summed E-state index contributed by atoms with van der Waals surface area (Å²) in [4.78, 5) is 38.1. The molecule has 42 heavy (non-hydrogen) atoms. The number of unbranched alkanes of at least 4 members (excludes halogenated alkanes) is 9. The largest absolute Gasteiger partial charge is 0.475 e. The van der Waals surface area contributed by atoms with Crippen molar-refractivity contribution in [2.24, 2.45) is 0 Å². The van der Waals surface area contributed by atoms with Crippen molar-refractivity contribution < 1.29 is 28.3 Å². The summed E-state index contributed by atoms with van der Waals surface area (Å²) < 4.78 is 27.9. The average Bonchev–Trinajstić information content (AvgIpc) is 2.97. The highest BCUT2D eigenvalue weighted by molar-refractivity contribution is 6.43. The van der Waals surface area contributed by atoms with E-state index in [-0.39, 0.29) is 43.4 Å². The summed E-state index contributed by atoms with van der Waals surface area (Å²) in [5, 5.41) is 12.0. The monoisotopic (exact) mass is 617 g/mol. The van der Waals surface area contributed by atoms with Crippen LogP contribution in [-0.4, -0.2) is 29.3 Å².